The average Bonchev–Trinajstić information content (AvgIpc) is 2.59. The fourth-order valence-electron chi connectivity index (χ4n) is 2.07. The van der Waals surface area contributed by atoms with Crippen molar-refractivity contribution in [1.82, 2.24) is 16.0 Å². The molecular weight excluding hydrogens is 344 g/mol. The summed E-state index contributed by atoms with van der Waals surface area (Å²) in [6.45, 7) is 5.94. The molecule has 0 fully saturated rings. The molecule has 0 radical (unpaired) electrons. The van der Waals surface area contributed by atoms with Crippen LogP contribution >= 0.6 is 0 Å². The van der Waals surface area contributed by atoms with Gasteiger partial charge in [-0.3, -0.25) is 14.4 Å². The zero-order valence-corrected chi connectivity index (χ0v) is 15.6. The minimum Gasteiger partial charge on any atom is -0.480 e. The minimum atomic E-state index is -1.15. The number of aliphatic hydroxyl groups is 1. The van der Waals surface area contributed by atoms with Gasteiger partial charge in [-0.1, -0.05) is 34.1 Å². The Morgan fingerprint density at radius 2 is 1.58 bits per heavy atom. The molecule has 10 nitrogen and oxygen atoms in total. The van der Waals surface area contributed by atoms with Gasteiger partial charge in [0.1, 0.15) is 18.1 Å². The molecular formula is C16H30N4O6. The summed E-state index contributed by atoms with van der Waals surface area (Å²) >= 11 is 0. The third-order valence-corrected chi connectivity index (χ3v) is 4.00. The van der Waals surface area contributed by atoms with Crippen molar-refractivity contribution in [3.05, 3.63) is 0 Å². The quantitative estimate of drug-likeness (QED) is 0.247. The first kappa shape index (κ1) is 23.8. The molecule has 0 aliphatic carbocycles. The molecule has 0 aliphatic rings. The number of nitrogens with one attached hydrogen (secondary N) is 3. The van der Waals surface area contributed by atoms with Gasteiger partial charge in [-0.05, 0) is 11.8 Å². The van der Waals surface area contributed by atoms with Crippen LogP contribution in [0.3, 0.4) is 0 Å². The maximum Gasteiger partial charge on any atom is 0.326 e. The summed E-state index contributed by atoms with van der Waals surface area (Å²) in [6.07, 6.45) is 0.563. The number of carboxylic acids is 1. The minimum absolute atomic E-state index is 0.278. The molecule has 0 bridgehead atoms. The number of carbonyl (C=O) groups excluding carboxylic acids is 3. The molecule has 0 rings (SSSR count). The predicted molar refractivity (Wildman–Crippen MR) is 93.9 cm³/mol. The Morgan fingerprint density at radius 1 is 1.00 bits per heavy atom. The van der Waals surface area contributed by atoms with Crippen LogP contribution in [0.2, 0.25) is 0 Å². The number of hydrogen-bond acceptors (Lipinski definition) is 6. The monoisotopic (exact) mass is 374 g/mol. The summed E-state index contributed by atoms with van der Waals surface area (Å²) in [7, 11) is 0. The van der Waals surface area contributed by atoms with Crippen LogP contribution in [0.25, 0.3) is 0 Å². The molecule has 0 aliphatic heterocycles. The van der Waals surface area contributed by atoms with Crippen LogP contribution in [0, 0.1) is 11.8 Å². The number of carboxylic acid groups (broad SMARTS) is 1. The third-order valence-electron chi connectivity index (χ3n) is 4.00. The fraction of sp³-hybridized carbons (Fsp3) is 0.750. The summed E-state index contributed by atoms with van der Waals surface area (Å²) in [6, 6.07) is -3.16. The number of aliphatic carboxylic acids is 1. The topological polar surface area (TPSA) is 171 Å². The van der Waals surface area contributed by atoms with E-state index >= 15 is 0 Å². The number of nitrogens with two attached hydrogens (primary N) is 1. The lowest BCUT2D eigenvalue weighted by molar-refractivity contribution is -0.144. The second kappa shape index (κ2) is 11.4. The lowest BCUT2D eigenvalue weighted by Crippen LogP contribution is -2.56. The third kappa shape index (κ3) is 7.79. The Hall–Kier alpha value is -2.20. The van der Waals surface area contributed by atoms with Gasteiger partial charge in [0, 0.05) is 0 Å². The molecule has 0 aromatic heterocycles. The average molecular weight is 374 g/mol. The van der Waals surface area contributed by atoms with Crippen molar-refractivity contribution >= 4 is 23.7 Å². The summed E-state index contributed by atoms with van der Waals surface area (Å²) in [5, 5.41) is 25.2. The molecule has 0 saturated heterocycles. The molecule has 4 atom stereocenters. The summed E-state index contributed by atoms with van der Waals surface area (Å²) in [5.74, 6) is -3.67. The summed E-state index contributed by atoms with van der Waals surface area (Å²) in [5.41, 5.74) is 5.31. The Morgan fingerprint density at radius 3 is 2.00 bits per heavy atom. The number of amides is 3. The highest BCUT2D eigenvalue weighted by atomic mass is 16.4. The Bertz CT molecular complexity index is 511. The van der Waals surface area contributed by atoms with E-state index in [0.29, 0.717) is 6.42 Å². The number of hydrogen-bond donors (Lipinski definition) is 6. The van der Waals surface area contributed by atoms with Crippen LogP contribution in [-0.2, 0) is 19.2 Å². The summed E-state index contributed by atoms with van der Waals surface area (Å²) < 4.78 is 0. The van der Waals surface area contributed by atoms with Crippen LogP contribution in [-0.4, -0.2) is 65.2 Å². The standard InChI is InChI=1S/C16H30N4O6/c1-5-9(4)13(16(25)26)20-15(24)12(8(2)3)19-11(22)6-18-14(23)10(17)7-21/h8-10,12-13,21H,5-7,17H2,1-4H3,(H,18,23)(H,19,22)(H,20,24)(H,25,26). The SMILES string of the molecule is CCC(C)C(NC(=O)C(NC(=O)CNC(=O)C(N)CO)C(C)C)C(=O)O. The first-order valence-corrected chi connectivity index (χ1v) is 8.51. The van der Waals surface area contributed by atoms with E-state index in [9.17, 15) is 24.3 Å². The van der Waals surface area contributed by atoms with Gasteiger partial charge >= 0.3 is 5.97 Å². The highest BCUT2D eigenvalue weighted by molar-refractivity contribution is 5.92. The maximum absolute atomic E-state index is 12.4. The van der Waals surface area contributed by atoms with Crippen LogP contribution in [0.4, 0.5) is 0 Å². The van der Waals surface area contributed by atoms with Gasteiger partial charge in [-0.15, -0.1) is 0 Å². The van der Waals surface area contributed by atoms with E-state index in [-0.39, 0.29) is 11.8 Å². The smallest absolute Gasteiger partial charge is 0.326 e. The van der Waals surface area contributed by atoms with Crippen molar-refractivity contribution in [2.24, 2.45) is 17.6 Å². The van der Waals surface area contributed by atoms with Gasteiger partial charge in [0.2, 0.25) is 17.7 Å². The van der Waals surface area contributed by atoms with E-state index in [1.54, 1.807) is 20.8 Å². The van der Waals surface area contributed by atoms with Crippen molar-refractivity contribution in [2.75, 3.05) is 13.2 Å². The summed E-state index contributed by atoms with van der Waals surface area (Å²) in [4.78, 5) is 47.2. The van der Waals surface area contributed by atoms with Crippen molar-refractivity contribution in [3.63, 3.8) is 0 Å². The van der Waals surface area contributed by atoms with Gasteiger partial charge in [0.05, 0.1) is 13.2 Å². The van der Waals surface area contributed by atoms with E-state index in [1.807, 2.05) is 6.92 Å². The Labute approximate surface area is 152 Å². The largest absolute Gasteiger partial charge is 0.480 e. The van der Waals surface area contributed by atoms with E-state index in [4.69, 9.17) is 10.8 Å². The first-order chi connectivity index (χ1) is 12.0. The number of carbonyl (C=O) groups is 4. The van der Waals surface area contributed by atoms with E-state index in [2.05, 4.69) is 16.0 Å². The molecule has 0 aromatic rings. The molecule has 10 heteroatoms. The fourth-order valence-corrected chi connectivity index (χ4v) is 2.07. The van der Waals surface area contributed by atoms with Gasteiger partial charge < -0.3 is 31.9 Å². The van der Waals surface area contributed by atoms with Gasteiger partial charge in [-0.25, -0.2) is 4.79 Å². The van der Waals surface area contributed by atoms with Crippen LogP contribution < -0.4 is 21.7 Å². The zero-order valence-electron chi connectivity index (χ0n) is 15.6. The highest BCUT2D eigenvalue weighted by Crippen LogP contribution is 2.10. The number of aliphatic hydroxyl groups excluding tert-OH is 1. The first-order valence-electron chi connectivity index (χ1n) is 8.51. The van der Waals surface area contributed by atoms with Crippen molar-refractivity contribution in [1.29, 1.82) is 0 Å². The Kier molecular flexibility index (Phi) is 10.5. The van der Waals surface area contributed by atoms with Gasteiger partial charge in [0.25, 0.3) is 0 Å². The van der Waals surface area contributed by atoms with Crippen molar-refractivity contribution in [3.8, 4) is 0 Å². The Balaban J connectivity index is 4.86. The van der Waals surface area contributed by atoms with Crippen molar-refractivity contribution < 1.29 is 29.4 Å². The number of rotatable bonds is 11. The maximum atomic E-state index is 12.4. The van der Waals surface area contributed by atoms with E-state index in [1.165, 1.54) is 0 Å². The second-order valence-corrected chi connectivity index (χ2v) is 6.51. The van der Waals surface area contributed by atoms with Crippen LogP contribution in [0.1, 0.15) is 34.1 Å². The van der Waals surface area contributed by atoms with Crippen LogP contribution in [0.5, 0.6) is 0 Å². The molecule has 0 spiro atoms. The van der Waals surface area contributed by atoms with Crippen LogP contribution in [0.15, 0.2) is 0 Å². The molecule has 0 heterocycles. The molecule has 26 heavy (non-hydrogen) atoms. The van der Waals surface area contributed by atoms with Crippen molar-refractivity contribution in [2.45, 2.75) is 52.2 Å². The lowest BCUT2D eigenvalue weighted by atomic mass is 9.97. The predicted octanol–water partition coefficient (Wildman–Crippen LogP) is -1.82. The van der Waals surface area contributed by atoms with Gasteiger partial charge in [0.15, 0.2) is 0 Å². The molecule has 7 N–H and O–H groups in total. The zero-order chi connectivity index (χ0) is 20.4. The molecule has 0 saturated carbocycles. The lowest BCUT2D eigenvalue weighted by Gasteiger charge is -2.26. The van der Waals surface area contributed by atoms with E-state index in [0.717, 1.165) is 0 Å². The normalized spacial score (nSPS) is 15.5. The van der Waals surface area contributed by atoms with E-state index < -0.39 is 55.0 Å². The molecule has 150 valence electrons. The highest BCUT2D eigenvalue weighted by Gasteiger charge is 2.31. The molecule has 0 aromatic carbocycles. The second-order valence-electron chi connectivity index (χ2n) is 6.51. The molecule has 3 amide bonds. The van der Waals surface area contributed by atoms with Gasteiger partial charge in [-0.2, -0.15) is 0 Å². The molecule has 4 unspecified atom stereocenters.